The van der Waals surface area contributed by atoms with E-state index in [0.717, 1.165) is 17.8 Å². The molecule has 0 aromatic heterocycles. The third kappa shape index (κ3) is 3.08. The van der Waals surface area contributed by atoms with Gasteiger partial charge in [-0.25, -0.2) is 0 Å². The molecule has 0 bridgehead atoms. The second-order valence-corrected chi connectivity index (χ2v) is 7.60. The van der Waals surface area contributed by atoms with Crippen LogP contribution in [0.1, 0.15) is 52.4 Å². The van der Waals surface area contributed by atoms with E-state index in [1.165, 1.54) is 58.2 Å². The molecule has 2 aliphatic carbocycles. The molecule has 1 unspecified atom stereocenters. The zero-order valence-electron chi connectivity index (χ0n) is 12.2. The Bertz CT molecular complexity index is 267. The number of nitrogens with one attached hydrogen (secondary N) is 2. The molecule has 1 aliphatic heterocycles. The van der Waals surface area contributed by atoms with Gasteiger partial charge in [0.2, 0.25) is 0 Å². The molecule has 2 saturated carbocycles. The highest BCUT2D eigenvalue weighted by Gasteiger charge is 2.41. The minimum Gasteiger partial charge on any atom is -0.315 e. The van der Waals surface area contributed by atoms with Gasteiger partial charge < -0.3 is 10.6 Å². The first-order chi connectivity index (χ1) is 8.67. The van der Waals surface area contributed by atoms with Gasteiger partial charge in [0.15, 0.2) is 0 Å². The van der Waals surface area contributed by atoms with Gasteiger partial charge in [0, 0.05) is 12.6 Å². The molecule has 0 spiro atoms. The average molecular weight is 250 g/mol. The number of rotatable bonds is 6. The largest absolute Gasteiger partial charge is 0.315 e. The third-order valence-electron chi connectivity index (χ3n) is 5.52. The van der Waals surface area contributed by atoms with Crippen molar-refractivity contribution in [2.45, 2.75) is 58.4 Å². The van der Waals surface area contributed by atoms with E-state index >= 15 is 0 Å². The zero-order valence-corrected chi connectivity index (χ0v) is 12.2. The van der Waals surface area contributed by atoms with Gasteiger partial charge in [0.25, 0.3) is 0 Å². The highest BCUT2D eigenvalue weighted by Crippen LogP contribution is 2.48. The second-order valence-electron chi connectivity index (χ2n) is 7.60. The summed E-state index contributed by atoms with van der Waals surface area (Å²) in [5.41, 5.74) is 0.472. The smallest absolute Gasteiger partial charge is 0.0243 e. The summed E-state index contributed by atoms with van der Waals surface area (Å²) in [4.78, 5) is 0. The molecule has 3 aliphatic rings. The molecule has 1 heterocycles. The first-order valence-electron chi connectivity index (χ1n) is 8.11. The van der Waals surface area contributed by atoms with Crippen molar-refractivity contribution < 1.29 is 0 Å². The van der Waals surface area contributed by atoms with Gasteiger partial charge in [0.1, 0.15) is 0 Å². The van der Waals surface area contributed by atoms with Crippen LogP contribution in [0.25, 0.3) is 0 Å². The maximum atomic E-state index is 3.79. The Labute approximate surface area is 112 Å². The summed E-state index contributed by atoms with van der Waals surface area (Å²) in [6.45, 7) is 8.51. The molecule has 104 valence electrons. The number of hydrogen-bond acceptors (Lipinski definition) is 2. The SMILES string of the molecule is CC1(C)CCCNC1CNCC(C1CC1)C1CC1. The van der Waals surface area contributed by atoms with E-state index < -0.39 is 0 Å². The normalized spacial score (nSPS) is 31.8. The number of hydrogen-bond donors (Lipinski definition) is 2. The topological polar surface area (TPSA) is 24.1 Å². The molecule has 1 atom stereocenters. The summed E-state index contributed by atoms with van der Waals surface area (Å²) >= 11 is 0. The quantitative estimate of drug-likeness (QED) is 0.757. The fraction of sp³-hybridized carbons (Fsp3) is 1.00. The van der Waals surface area contributed by atoms with Crippen molar-refractivity contribution >= 4 is 0 Å². The lowest BCUT2D eigenvalue weighted by molar-refractivity contribution is 0.173. The molecular weight excluding hydrogens is 220 g/mol. The summed E-state index contributed by atoms with van der Waals surface area (Å²) in [5.74, 6) is 3.17. The van der Waals surface area contributed by atoms with E-state index in [2.05, 4.69) is 24.5 Å². The first-order valence-corrected chi connectivity index (χ1v) is 8.11. The van der Waals surface area contributed by atoms with Crippen molar-refractivity contribution in [3.63, 3.8) is 0 Å². The van der Waals surface area contributed by atoms with Crippen LogP contribution in [0.4, 0.5) is 0 Å². The minimum absolute atomic E-state index is 0.472. The van der Waals surface area contributed by atoms with Crippen LogP contribution < -0.4 is 10.6 Å². The molecule has 2 N–H and O–H groups in total. The van der Waals surface area contributed by atoms with Crippen LogP contribution in [-0.2, 0) is 0 Å². The fourth-order valence-electron chi connectivity index (χ4n) is 3.78. The van der Waals surface area contributed by atoms with E-state index in [9.17, 15) is 0 Å². The fourth-order valence-corrected chi connectivity index (χ4v) is 3.78. The molecular formula is C16H30N2. The van der Waals surface area contributed by atoms with Crippen molar-refractivity contribution in [2.24, 2.45) is 23.2 Å². The van der Waals surface area contributed by atoms with Crippen LogP contribution >= 0.6 is 0 Å². The maximum Gasteiger partial charge on any atom is 0.0243 e. The lowest BCUT2D eigenvalue weighted by atomic mass is 9.77. The van der Waals surface area contributed by atoms with Gasteiger partial charge in [0.05, 0.1) is 0 Å². The molecule has 18 heavy (non-hydrogen) atoms. The minimum atomic E-state index is 0.472. The van der Waals surface area contributed by atoms with Crippen LogP contribution in [0, 0.1) is 23.2 Å². The number of piperidine rings is 1. The molecule has 0 aromatic rings. The molecule has 2 nitrogen and oxygen atoms in total. The van der Waals surface area contributed by atoms with Crippen LogP contribution in [0.3, 0.4) is 0 Å². The lowest BCUT2D eigenvalue weighted by Crippen LogP contribution is -2.52. The second kappa shape index (κ2) is 5.13. The first kappa shape index (κ1) is 12.9. The van der Waals surface area contributed by atoms with E-state index in [-0.39, 0.29) is 0 Å². The highest BCUT2D eigenvalue weighted by atomic mass is 15.0. The maximum absolute atomic E-state index is 3.79. The molecule has 0 radical (unpaired) electrons. The van der Waals surface area contributed by atoms with Crippen molar-refractivity contribution in [3.05, 3.63) is 0 Å². The van der Waals surface area contributed by atoms with Gasteiger partial charge in [-0.05, 0) is 74.8 Å². The summed E-state index contributed by atoms with van der Waals surface area (Å²) < 4.78 is 0. The van der Waals surface area contributed by atoms with Gasteiger partial charge in [-0.1, -0.05) is 13.8 Å². The van der Waals surface area contributed by atoms with E-state index in [1.54, 1.807) is 0 Å². The van der Waals surface area contributed by atoms with Gasteiger partial charge >= 0.3 is 0 Å². The Morgan fingerprint density at radius 2 is 1.83 bits per heavy atom. The van der Waals surface area contributed by atoms with Crippen LogP contribution in [-0.4, -0.2) is 25.7 Å². The third-order valence-corrected chi connectivity index (χ3v) is 5.52. The van der Waals surface area contributed by atoms with Crippen molar-refractivity contribution in [3.8, 4) is 0 Å². The standard InChI is InChI=1S/C16H30N2/c1-16(2)8-3-9-18-15(16)11-17-10-14(12-4-5-12)13-6-7-13/h12-15,17-18H,3-11H2,1-2H3. The summed E-state index contributed by atoms with van der Waals surface area (Å²) in [6.07, 6.45) is 8.76. The van der Waals surface area contributed by atoms with E-state index in [4.69, 9.17) is 0 Å². The molecule has 3 fully saturated rings. The van der Waals surface area contributed by atoms with Crippen LogP contribution in [0.2, 0.25) is 0 Å². The Morgan fingerprint density at radius 1 is 1.17 bits per heavy atom. The van der Waals surface area contributed by atoms with Crippen molar-refractivity contribution in [1.82, 2.24) is 10.6 Å². The molecule has 0 amide bonds. The lowest BCUT2D eigenvalue weighted by Gasteiger charge is -2.40. The van der Waals surface area contributed by atoms with Gasteiger partial charge in [-0.2, -0.15) is 0 Å². The average Bonchev–Trinajstić information content (AvgIpc) is 3.18. The van der Waals surface area contributed by atoms with Crippen molar-refractivity contribution in [2.75, 3.05) is 19.6 Å². The zero-order chi connectivity index (χ0) is 12.6. The van der Waals surface area contributed by atoms with Crippen LogP contribution in [0.5, 0.6) is 0 Å². The Kier molecular flexibility index (Phi) is 3.68. The van der Waals surface area contributed by atoms with Gasteiger partial charge in [-0.15, -0.1) is 0 Å². The summed E-state index contributed by atoms with van der Waals surface area (Å²) in [5, 5.41) is 7.50. The molecule has 1 saturated heterocycles. The predicted molar refractivity (Wildman–Crippen MR) is 76.6 cm³/mol. The van der Waals surface area contributed by atoms with Crippen LogP contribution in [0.15, 0.2) is 0 Å². The summed E-state index contributed by atoms with van der Waals surface area (Å²) in [6, 6.07) is 0.672. The summed E-state index contributed by atoms with van der Waals surface area (Å²) in [7, 11) is 0. The Hall–Kier alpha value is -0.0800. The monoisotopic (exact) mass is 250 g/mol. The molecule has 2 heteroatoms. The Morgan fingerprint density at radius 3 is 2.39 bits per heavy atom. The van der Waals surface area contributed by atoms with Gasteiger partial charge in [-0.3, -0.25) is 0 Å². The molecule has 0 aromatic carbocycles. The Balaban J connectivity index is 1.42. The predicted octanol–water partition coefficient (Wildman–Crippen LogP) is 2.79. The highest BCUT2D eigenvalue weighted by molar-refractivity contribution is 4.94. The molecule has 3 rings (SSSR count). The van der Waals surface area contributed by atoms with Crippen molar-refractivity contribution in [1.29, 1.82) is 0 Å². The van der Waals surface area contributed by atoms with E-state index in [0.29, 0.717) is 11.5 Å². The van der Waals surface area contributed by atoms with E-state index in [1.807, 2.05) is 0 Å².